The van der Waals surface area contributed by atoms with Crippen molar-refractivity contribution in [3.05, 3.63) is 21.3 Å². The fourth-order valence-electron chi connectivity index (χ4n) is 2.94. The van der Waals surface area contributed by atoms with Crippen LogP contribution in [0, 0.1) is 11.8 Å². The van der Waals surface area contributed by atoms with Crippen LogP contribution < -0.4 is 10.6 Å². The van der Waals surface area contributed by atoms with Gasteiger partial charge in [0.1, 0.15) is 0 Å². The number of piperidine rings is 1. The number of thiophene rings is 1. The van der Waals surface area contributed by atoms with Gasteiger partial charge in [-0.15, -0.1) is 11.3 Å². The fourth-order valence-corrected chi connectivity index (χ4v) is 3.88. The second-order valence-corrected chi connectivity index (χ2v) is 7.24. The van der Waals surface area contributed by atoms with E-state index in [1.54, 1.807) is 6.07 Å². The van der Waals surface area contributed by atoms with Gasteiger partial charge >= 0.3 is 0 Å². The van der Waals surface area contributed by atoms with Crippen LogP contribution in [0.1, 0.15) is 35.4 Å². The fraction of sp³-hybridized carbons (Fsp3) is 0.643. The molecular formula is C14H19ClN2OS. The summed E-state index contributed by atoms with van der Waals surface area (Å²) in [4.78, 5) is 13.0. The Morgan fingerprint density at radius 3 is 2.53 bits per heavy atom. The maximum atomic E-state index is 12.3. The van der Waals surface area contributed by atoms with Gasteiger partial charge in [0.05, 0.1) is 9.21 Å². The van der Waals surface area contributed by atoms with Crippen molar-refractivity contribution in [3.8, 4) is 0 Å². The predicted molar refractivity (Wildman–Crippen MR) is 78.9 cm³/mol. The Morgan fingerprint density at radius 2 is 1.95 bits per heavy atom. The molecule has 0 aromatic carbocycles. The van der Waals surface area contributed by atoms with Crippen LogP contribution in [0.15, 0.2) is 12.1 Å². The van der Waals surface area contributed by atoms with E-state index in [4.69, 9.17) is 11.6 Å². The van der Waals surface area contributed by atoms with Crippen LogP contribution in [0.4, 0.5) is 0 Å². The van der Waals surface area contributed by atoms with Crippen LogP contribution in [-0.4, -0.2) is 25.0 Å². The van der Waals surface area contributed by atoms with E-state index in [0.717, 1.165) is 18.0 Å². The summed E-state index contributed by atoms with van der Waals surface area (Å²) in [5.41, 5.74) is 0. The van der Waals surface area contributed by atoms with Crippen molar-refractivity contribution >= 4 is 28.8 Å². The molecule has 104 valence electrons. The average molecular weight is 299 g/mol. The summed E-state index contributed by atoms with van der Waals surface area (Å²) in [5.74, 6) is 1.38. The summed E-state index contributed by atoms with van der Waals surface area (Å²) in [6.45, 7) is 2.16. The molecule has 2 aliphatic rings. The zero-order valence-electron chi connectivity index (χ0n) is 10.8. The molecule has 0 bridgehead atoms. The van der Waals surface area contributed by atoms with Gasteiger partial charge in [-0.05, 0) is 62.7 Å². The van der Waals surface area contributed by atoms with E-state index in [1.165, 1.54) is 37.0 Å². The molecule has 1 aliphatic heterocycles. The third-order valence-electron chi connectivity index (χ3n) is 4.12. The van der Waals surface area contributed by atoms with Crippen LogP contribution in [0.5, 0.6) is 0 Å². The van der Waals surface area contributed by atoms with Crippen LogP contribution >= 0.6 is 22.9 Å². The van der Waals surface area contributed by atoms with Gasteiger partial charge in [-0.25, -0.2) is 0 Å². The highest BCUT2D eigenvalue weighted by molar-refractivity contribution is 7.17. The Hall–Kier alpha value is -0.580. The molecule has 1 saturated carbocycles. The Balaban J connectivity index is 1.65. The summed E-state index contributed by atoms with van der Waals surface area (Å²) in [6, 6.07) is 3.96. The Morgan fingerprint density at radius 1 is 1.26 bits per heavy atom. The standard InChI is InChI=1S/C14H19ClN2OS/c15-12-4-3-11(19-12)14(18)17-13(9-1-2-9)10-5-7-16-8-6-10/h3-4,9-10,13,16H,1-2,5-8H2,(H,17,18)/t13-/m0/s1. The van der Waals surface area contributed by atoms with Gasteiger partial charge < -0.3 is 10.6 Å². The van der Waals surface area contributed by atoms with E-state index in [0.29, 0.717) is 22.2 Å². The van der Waals surface area contributed by atoms with Crippen molar-refractivity contribution in [1.29, 1.82) is 0 Å². The number of hydrogen-bond acceptors (Lipinski definition) is 3. The molecule has 1 aromatic rings. The molecule has 0 spiro atoms. The number of nitrogens with one attached hydrogen (secondary N) is 2. The highest BCUT2D eigenvalue weighted by Crippen LogP contribution is 2.38. The van der Waals surface area contributed by atoms with E-state index in [2.05, 4.69) is 10.6 Å². The van der Waals surface area contributed by atoms with Gasteiger partial charge in [-0.3, -0.25) is 4.79 Å². The van der Waals surface area contributed by atoms with Gasteiger partial charge in [0.15, 0.2) is 0 Å². The van der Waals surface area contributed by atoms with Crippen molar-refractivity contribution in [3.63, 3.8) is 0 Å². The first-order valence-electron chi connectivity index (χ1n) is 7.01. The molecule has 1 atom stereocenters. The quantitative estimate of drug-likeness (QED) is 0.897. The molecule has 0 unspecified atom stereocenters. The lowest BCUT2D eigenvalue weighted by Crippen LogP contribution is -2.45. The number of carbonyl (C=O) groups excluding carboxylic acids is 1. The summed E-state index contributed by atoms with van der Waals surface area (Å²) < 4.78 is 0.676. The minimum Gasteiger partial charge on any atom is -0.348 e. The van der Waals surface area contributed by atoms with E-state index in [-0.39, 0.29) is 5.91 Å². The lowest BCUT2D eigenvalue weighted by Gasteiger charge is -2.31. The SMILES string of the molecule is O=C(N[C@H](C1CCNCC1)C1CC1)c1ccc(Cl)s1. The van der Waals surface area contributed by atoms with Crippen molar-refractivity contribution in [1.82, 2.24) is 10.6 Å². The topological polar surface area (TPSA) is 41.1 Å². The maximum Gasteiger partial charge on any atom is 0.261 e. The predicted octanol–water partition coefficient (Wildman–Crippen LogP) is 2.91. The van der Waals surface area contributed by atoms with E-state index in [9.17, 15) is 4.79 Å². The molecule has 1 aromatic heterocycles. The van der Waals surface area contributed by atoms with Gasteiger partial charge in [0.2, 0.25) is 0 Å². The van der Waals surface area contributed by atoms with Crippen molar-refractivity contribution in [2.24, 2.45) is 11.8 Å². The molecule has 3 nitrogen and oxygen atoms in total. The number of carbonyl (C=O) groups is 1. The lowest BCUT2D eigenvalue weighted by molar-refractivity contribution is 0.0909. The monoisotopic (exact) mass is 298 g/mol. The highest BCUT2D eigenvalue weighted by atomic mass is 35.5. The summed E-state index contributed by atoms with van der Waals surface area (Å²) in [5, 5.41) is 6.65. The highest BCUT2D eigenvalue weighted by Gasteiger charge is 2.38. The Kier molecular flexibility index (Phi) is 4.10. The molecule has 5 heteroatoms. The molecule has 1 aliphatic carbocycles. The minimum atomic E-state index is 0.0485. The van der Waals surface area contributed by atoms with Gasteiger partial charge in [-0.2, -0.15) is 0 Å². The van der Waals surface area contributed by atoms with Crippen LogP contribution in [0.25, 0.3) is 0 Å². The first-order chi connectivity index (χ1) is 9.24. The lowest BCUT2D eigenvalue weighted by atomic mass is 9.87. The minimum absolute atomic E-state index is 0.0485. The first kappa shape index (κ1) is 13.4. The van der Waals surface area contributed by atoms with E-state index < -0.39 is 0 Å². The van der Waals surface area contributed by atoms with Crippen molar-refractivity contribution < 1.29 is 4.79 Å². The molecule has 2 fully saturated rings. The normalized spacial score (nSPS) is 22.2. The Labute approximate surface area is 122 Å². The van der Waals surface area contributed by atoms with Gasteiger partial charge in [0, 0.05) is 6.04 Å². The molecule has 1 amide bonds. The molecule has 3 rings (SSSR count). The zero-order valence-corrected chi connectivity index (χ0v) is 12.4. The molecule has 2 heterocycles. The first-order valence-corrected chi connectivity index (χ1v) is 8.20. The summed E-state index contributed by atoms with van der Waals surface area (Å²) >= 11 is 7.25. The van der Waals surface area contributed by atoms with Crippen LogP contribution in [-0.2, 0) is 0 Å². The summed E-state index contributed by atoms with van der Waals surface area (Å²) in [7, 11) is 0. The Bertz CT molecular complexity index is 452. The molecule has 1 saturated heterocycles. The average Bonchev–Trinajstić information content (AvgIpc) is 3.18. The second-order valence-electron chi connectivity index (χ2n) is 5.53. The third kappa shape index (κ3) is 3.30. The van der Waals surface area contributed by atoms with Crippen molar-refractivity contribution in [2.75, 3.05) is 13.1 Å². The number of halogens is 1. The maximum absolute atomic E-state index is 12.3. The van der Waals surface area contributed by atoms with E-state index in [1.807, 2.05) is 6.07 Å². The molecular weight excluding hydrogens is 280 g/mol. The van der Waals surface area contributed by atoms with E-state index >= 15 is 0 Å². The van der Waals surface area contributed by atoms with Crippen LogP contribution in [0.2, 0.25) is 4.34 Å². The third-order valence-corrected chi connectivity index (χ3v) is 5.35. The smallest absolute Gasteiger partial charge is 0.261 e. The van der Waals surface area contributed by atoms with Gasteiger partial charge in [-0.1, -0.05) is 11.6 Å². The van der Waals surface area contributed by atoms with Gasteiger partial charge in [0.25, 0.3) is 5.91 Å². The molecule has 2 N–H and O–H groups in total. The number of rotatable bonds is 4. The molecule has 0 radical (unpaired) electrons. The number of amides is 1. The molecule has 19 heavy (non-hydrogen) atoms. The van der Waals surface area contributed by atoms with Crippen LogP contribution in [0.3, 0.4) is 0 Å². The number of hydrogen-bond donors (Lipinski definition) is 2. The van der Waals surface area contributed by atoms with Crippen molar-refractivity contribution in [2.45, 2.75) is 31.7 Å². The largest absolute Gasteiger partial charge is 0.348 e. The second kappa shape index (κ2) is 5.81. The summed E-state index contributed by atoms with van der Waals surface area (Å²) in [6.07, 6.45) is 4.87. The zero-order chi connectivity index (χ0) is 13.2.